The van der Waals surface area contributed by atoms with Crippen molar-refractivity contribution in [2.24, 2.45) is 5.73 Å². The van der Waals surface area contributed by atoms with Gasteiger partial charge in [0.2, 0.25) is 17.7 Å². The summed E-state index contributed by atoms with van der Waals surface area (Å²) < 4.78 is 21.1. The number of nitrogens with one attached hydrogen (secondary N) is 2. The average molecular weight is 570 g/mol. The molecule has 0 saturated carbocycles. The zero-order chi connectivity index (χ0) is 29.8. The van der Waals surface area contributed by atoms with Crippen LogP contribution in [0.25, 0.3) is 0 Å². The summed E-state index contributed by atoms with van der Waals surface area (Å²) in [6.07, 6.45) is 1.35. The number of amides is 2. The van der Waals surface area contributed by atoms with Crippen LogP contribution in [0.5, 0.6) is 11.6 Å². The molecule has 5 rings (SSSR count). The normalized spacial score (nSPS) is 13.5. The van der Waals surface area contributed by atoms with Gasteiger partial charge in [-0.1, -0.05) is 18.2 Å². The Labute approximate surface area is 243 Å². The molecule has 1 fully saturated rings. The van der Waals surface area contributed by atoms with E-state index in [-0.39, 0.29) is 23.2 Å². The third-order valence-electron chi connectivity index (χ3n) is 7.12. The van der Waals surface area contributed by atoms with Gasteiger partial charge in [-0.25, -0.2) is 9.37 Å². The summed E-state index contributed by atoms with van der Waals surface area (Å²) in [4.78, 5) is 37.8. The van der Waals surface area contributed by atoms with Crippen molar-refractivity contribution in [1.29, 1.82) is 0 Å². The maximum atomic E-state index is 15.1. The molecule has 4 N–H and O–H groups in total. The first-order valence-corrected chi connectivity index (χ1v) is 13.5. The van der Waals surface area contributed by atoms with Gasteiger partial charge in [-0.2, -0.15) is 4.98 Å². The van der Waals surface area contributed by atoms with Gasteiger partial charge in [0.25, 0.3) is 5.91 Å². The highest BCUT2D eigenvalue weighted by molar-refractivity contribution is 6.06. The molecule has 42 heavy (non-hydrogen) atoms. The Morgan fingerprint density at radius 3 is 2.31 bits per heavy atom. The average Bonchev–Trinajstić information content (AvgIpc) is 2.96. The smallest absolute Gasteiger partial charge is 0.262 e. The molecular formula is C31H32FN7O3. The van der Waals surface area contributed by atoms with Gasteiger partial charge >= 0.3 is 0 Å². The van der Waals surface area contributed by atoms with Crippen LogP contribution in [0.3, 0.4) is 0 Å². The Kier molecular flexibility index (Phi) is 8.30. The van der Waals surface area contributed by atoms with Crippen LogP contribution >= 0.6 is 0 Å². The molecule has 0 radical (unpaired) electrons. The molecule has 0 spiro atoms. The monoisotopic (exact) mass is 569 g/mol. The molecule has 0 aliphatic carbocycles. The molecule has 1 saturated heterocycles. The number of likely N-dealkylation sites (N-methyl/N-ethyl adjacent to an activating group) is 1. The Morgan fingerprint density at radius 1 is 0.976 bits per heavy atom. The van der Waals surface area contributed by atoms with Crippen LogP contribution in [0.4, 0.5) is 27.4 Å². The molecule has 10 nitrogen and oxygen atoms in total. The van der Waals surface area contributed by atoms with Gasteiger partial charge in [0, 0.05) is 49.3 Å². The van der Waals surface area contributed by atoms with E-state index in [0.717, 1.165) is 37.3 Å². The number of benzene rings is 3. The van der Waals surface area contributed by atoms with Crippen molar-refractivity contribution < 1.29 is 18.7 Å². The predicted molar refractivity (Wildman–Crippen MR) is 160 cm³/mol. The Hall–Kier alpha value is -5.03. The molecule has 0 unspecified atom stereocenters. The van der Waals surface area contributed by atoms with Crippen LogP contribution in [-0.4, -0.2) is 59.9 Å². The summed E-state index contributed by atoms with van der Waals surface area (Å²) in [5.41, 5.74) is 9.19. The fraction of sp³-hybridized carbons (Fsp3) is 0.226. The Bertz CT molecular complexity index is 1600. The van der Waals surface area contributed by atoms with E-state index in [9.17, 15) is 9.59 Å². The first kappa shape index (κ1) is 28.5. The van der Waals surface area contributed by atoms with Gasteiger partial charge in [-0.3, -0.25) is 9.59 Å². The Morgan fingerprint density at radius 2 is 1.67 bits per heavy atom. The zero-order valence-electron chi connectivity index (χ0n) is 23.6. The van der Waals surface area contributed by atoms with Crippen LogP contribution in [0, 0.1) is 19.7 Å². The molecule has 1 aromatic heterocycles. The number of piperazine rings is 1. The lowest BCUT2D eigenvalue weighted by Crippen LogP contribution is -2.44. The van der Waals surface area contributed by atoms with Crippen molar-refractivity contribution in [3.05, 3.63) is 94.9 Å². The van der Waals surface area contributed by atoms with Gasteiger partial charge < -0.3 is 30.9 Å². The predicted octanol–water partition coefficient (Wildman–Crippen LogP) is 4.87. The molecule has 0 atom stereocenters. The fourth-order valence-electron chi connectivity index (χ4n) is 4.67. The molecular weight excluding hydrogens is 537 g/mol. The van der Waals surface area contributed by atoms with Crippen molar-refractivity contribution in [2.75, 3.05) is 48.8 Å². The van der Waals surface area contributed by atoms with Gasteiger partial charge in [0.15, 0.2) is 0 Å². The van der Waals surface area contributed by atoms with E-state index < -0.39 is 11.8 Å². The molecule has 1 aliphatic rings. The maximum absolute atomic E-state index is 15.1. The van der Waals surface area contributed by atoms with E-state index in [4.69, 9.17) is 10.5 Å². The van der Waals surface area contributed by atoms with Gasteiger partial charge in [0.05, 0.1) is 5.69 Å². The van der Waals surface area contributed by atoms with Crippen molar-refractivity contribution in [2.45, 2.75) is 13.8 Å². The van der Waals surface area contributed by atoms with Gasteiger partial charge in [-0.15, -0.1) is 0 Å². The summed E-state index contributed by atoms with van der Waals surface area (Å²) in [5, 5.41) is 5.93. The number of aromatic nitrogens is 2. The number of carbonyl (C=O) groups excluding carboxylic acids is 2. The number of carbonyl (C=O) groups is 2. The molecule has 11 heteroatoms. The van der Waals surface area contributed by atoms with Crippen LogP contribution in [0.15, 0.2) is 66.9 Å². The van der Waals surface area contributed by atoms with E-state index in [1.54, 1.807) is 24.3 Å². The third kappa shape index (κ3) is 6.47. The maximum Gasteiger partial charge on any atom is 0.262 e. The standard InChI is InChI=1S/C31H32FN7O3/c1-19-5-4-6-20(2)27(19)36-29(41)24-18-34-31(37-30(24)42-23-10-7-21(8-11-23)28(33)40)35-22-9-12-26(25(32)17-22)39-15-13-38(3)14-16-39/h4-12,17-18H,13-16H2,1-3H3,(H2,33,40)(H,36,41)(H,34,35,37). The van der Waals surface area contributed by atoms with Gasteiger partial charge in [-0.05, 0) is 74.5 Å². The second kappa shape index (κ2) is 12.2. The Balaban J connectivity index is 1.42. The van der Waals surface area contributed by atoms with Crippen molar-refractivity contribution in [3.63, 3.8) is 0 Å². The highest BCUT2D eigenvalue weighted by atomic mass is 19.1. The van der Waals surface area contributed by atoms with Crippen molar-refractivity contribution in [3.8, 4) is 11.6 Å². The highest BCUT2D eigenvalue weighted by Crippen LogP contribution is 2.29. The number of nitrogens with zero attached hydrogens (tertiary/aromatic N) is 4. The second-order valence-electron chi connectivity index (χ2n) is 10.2. The minimum atomic E-state index is -0.574. The number of para-hydroxylation sites is 1. The molecule has 2 heterocycles. The summed E-state index contributed by atoms with van der Waals surface area (Å²) >= 11 is 0. The molecule has 216 valence electrons. The molecule has 2 amide bonds. The highest BCUT2D eigenvalue weighted by Gasteiger charge is 2.21. The van der Waals surface area contributed by atoms with Crippen LogP contribution < -0.4 is 26.0 Å². The number of nitrogens with two attached hydrogens (primary N) is 1. The third-order valence-corrected chi connectivity index (χ3v) is 7.12. The number of rotatable bonds is 8. The quantitative estimate of drug-likeness (QED) is 0.274. The summed E-state index contributed by atoms with van der Waals surface area (Å²) in [7, 11) is 2.05. The first-order valence-electron chi connectivity index (χ1n) is 13.5. The van der Waals surface area contributed by atoms with E-state index in [1.807, 2.05) is 44.0 Å². The van der Waals surface area contributed by atoms with Crippen LogP contribution in [0.2, 0.25) is 0 Å². The van der Waals surface area contributed by atoms with E-state index in [2.05, 4.69) is 25.5 Å². The zero-order valence-corrected chi connectivity index (χ0v) is 23.6. The van der Waals surface area contributed by atoms with Crippen LogP contribution in [0.1, 0.15) is 31.8 Å². The van der Waals surface area contributed by atoms with E-state index in [0.29, 0.717) is 28.4 Å². The molecule has 3 aromatic carbocycles. The minimum absolute atomic E-state index is 0.0300. The molecule has 4 aromatic rings. The summed E-state index contributed by atoms with van der Waals surface area (Å²) in [6.45, 7) is 7.02. The number of anilines is 4. The number of ether oxygens (including phenoxy) is 1. The second-order valence-corrected chi connectivity index (χ2v) is 10.2. The van der Waals surface area contributed by atoms with E-state index >= 15 is 4.39 Å². The minimum Gasteiger partial charge on any atom is -0.438 e. The summed E-state index contributed by atoms with van der Waals surface area (Å²) in [6, 6.07) is 16.7. The summed E-state index contributed by atoms with van der Waals surface area (Å²) in [5.74, 6) is -1.000. The van der Waals surface area contributed by atoms with Gasteiger partial charge in [0.1, 0.15) is 17.1 Å². The number of halogens is 1. The van der Waals surface area contributed by atoms with Crippen LogP contribution in [-0.2, 0) is 0 Å². The lowest BCUT2D eigenvalue weighted by molar-refractivity contribution is 0.0997. The number of aryl methyl sites for hydroxylation is 2. The van der Waals surface area contributed by atoms with E-state index in [1.165, 1.54) is 24.4 Å². The molecule has 0 bridgehead atoms. The SMILES string of the molecule is Cc1cccc(C)c1NC(=O)c1cnc(Nc2ccc(N3CCN(C)CC3)c(F)c2)nc1Oc1ccc(C(N)=O)cc1. The number of hydrogen-bond acceptors (Lipinski definition) is 8. The fourth-order valence-corrected chi connectivity index (χ4v) is 4.67. The number of primary amides is 1. The van der Waals surface area contributed by atoms with Crippen molar-refractivity contribution in [1.82, 2.24) is 14.9 Å². The topological polar surface area (TPSA) is 126 Å². The lowest BCUT2D eigenvalue weighted by Gasteiger charge is -2.34. The van der Waals surface area contributed by atoms with Crippen molar-refractivity contribution >= 4 is 34.8 Å². The number of hydrogen-bond donors (Lipinski definition) is 3. The first-order chi connectivity index (χ1) is 20.2. The largest absolute Gasteiger partial charge is 0.438 e. The molecule has 1 aliphatic heterocycles. The lowest BCUT2D eigenvalue weighted by atomic mass is 10.1.